The van der Waals surface area contributed by atoms with Crippen molar-refractivity contribution in [1.29, 1.82) is 0 Å². The van der Waals surface area contributed by atoms with Crippen LogP contribution in [0.25, 0.3) is 0 Å². The molecule has 0 aromatic rings. The molecule has 5 nitrogen and oxygen atoms in total. The minimum Gasteiger partial charge on any atom is -0.480 e. The molecule has 1 unspecified atom stereocenters. The van der Waals surface area contributed by atoms with E-state index >= 15 is 0 Å². The zero-order valence-electron chi connectivity index (χ0n) is 7.75. The lowest BCUT2D eigenvalue weighted by molar-refractivity contribution is -0.141. The van der Waals surface area contributed by atoms with Gasteiger partial charge in [0.15, 0.2) is 0 Å². The van der Waals surface area contributed by atoms with Crippen molar-refractivity contribution in [3.63, 3.8) is 0 Å². The van der Waals surface area contributed by atoms with E-state index in [1.54, 1.807) is 0 Å². The number of hydrogen-bond acceptors (Lipinski definition) is 3. The van der Waals surface area contributed by atoms with Crippen molar-refractivity contribution < 1.29 is 14.7 Å². The summed E-state index contributed by atoms with van der Waals surface area (Å²) in [6.07, 6.45) is 1.72. The van der Waals surface area contributed by atoms with Gasteiger partial charge < -0.3 is 16.2 Å². The monoisotopic (exact) mass is 188 g/mol. The normalized spacial score (nSPS) is 12.4. The second-order valence-corrected chi connectivity index (χ2v) is 2.87. The number of unbranched alkanes of at least 4 members (excludes halogenated alkanes) is 1. The van der Waals surface area contributed by atoms with Gasteiger partial charge in [0.1, 0.15) is 6.04 Å². The molecule has 0 aromatic carbocycles. The van der Waals surface area contributed by atoms with E-state index in [-0.39, 0.29) is 6.42 Å². The number of carbonyl (C=O) groups is 2. The first-order valence-corrected chi connectivity index (χ1v) is 4.32. The Morgan fingerprint density at radius 2 is 2.15 bits per heavy atom. The smallest absolute Gasteiger partial charge is 0.321 e. The van der Waals surface area contributed by atoms with E-state index in [1.807, 2.05) is 6.92 Å². The van der Waals surface area contributed by atoms with Crippen molar-refractivity contribution in [2.45, 2.75) is 32.2 Å². The minimum absolute atomic E-state index is 0.154. The molecule has 0 heterocycles. The molecule has 0 aliphatic rings. The Labute approximate surface area is 77.3 Å². The van der Waals surface area contributed by atoms with E-state index in [4.69, 9.17) is 10.8 Å². The quantitative estimate of drug-likeness (QED) is 0.478. The van der Waals surface area contributed by atoms with Gasteiger partial charge in [0.25, 0.3) is 0 Å². The van der Waals surface area contributed by atoms with E-state index < -0.39 is 17.9 Å². The number of primary amides is 1. The Morgan fingerprint density at radius 1 is 1.54 bits per heavy atom. The fourth-order valence-electron chi connectivity index (χ4n) is 0.901. The van der Waals surface area contributed by atoms with Crippen LogP contribution < -0.4 is 11.1 Å². The third kappa shape index (κ3) is 6.10. The number of nitrogens with one attached hydrogen (secondary N) is 1. The predicted molar refractivity (Wildman–Crippen MR) is 48.1 cm³/mol. The highest BCUT2D eigenvalue weighted by Crippen LogP contribution is 1.93. The lowest BCUT2D eigenvalue weighted by atomic mass is 10.2. The van der Waals surface area contributed by atoms with Crippen molar-refractivity contribution >= 4 is 11.9 Å². The molecule has 0 spiro atoms. The second kappa shape index (κ2) is 6.42. The van der Waals surface area contributed by atoms with E-state index in [2.05, 4.69) is 5.32 Å². The van der Waals surface area contributed by atoms with Crippen LogP contribution in [-0.4, -0.2) is 29.6 Å². The maximum atomic E-state index is 10.6. The summed E-state index contributed by atoms with van der Waals surface area (Å²) in [4.78, 5) is 21.0. The first-order chi connectivity index (χ1) is 6.07. The van der Waals surface area contributed by atoms with Crippen molar-refractivity contribution in [3.05, 3.63) is 0 Å². The van der Waals surface area contributed by atoms with Crippen LogP contribution in [0.5, 0.6) is 0 Å². The molecular weight excluding hydrogens is 172 g/mol. The first kappa shape index (κ1) is 11.9. The third-order valence-electron chi connectivity index (χ3n) is 1.62. The van der Waals surface area contributed by atoms with Crippen LogP contribution in [0, 0.1) is 0 Å². The second-order valence-electron chi connectivity index (χ2n) is 2.87. The van der Waals surface area contributed by atoms with E-state index in [0.29, 0.717) is 6.54 Å². The highest BCUT2D eigenvalue weighted by Gasteiger charge is 2.18. The van der Waals surface area contributed by atoms with Crippen molar-refractivity contribution in [3.8, 4) is 0 Å². The minimum atomic E-state index is -1.03. The number of amides is 1. The van der Waals surface area contributed by atoms with E-state index in [9.17, 15) is 9.59 Å². The SMILES string of the molecule is CCCCNC(CC(N)=O)C(=O)O. The van der Waals surface area contributed by atoms with Gasteiger partial charge >= 0.3 is 5.97 Å². The van der Waals surface area contributed by atoms with E-state index in [0.717, 1.165) is 12.8 Å². The molecule has 0 aliphatic heterocycles. The molecule has 0 saturated heterocycles. The Balaban J connectivity index is 3.81. The Hall–Kier alpha value is -1.10. The summed E-state index contributed by atoms with van der Waals surface area (Å²) in [7, 11) is 0. The molecule has 1 amide bonds. The summed E-state index contributed by atoms with van der Waals surface area (Å²) < 4.78 is 0. The van der Waals surface area contributed by atoms with Gasteiger partial charge in [-0.2, -0.15) is 0 Å². The van der Waals surface area contributed by atoms with Crippen LogP contribution in [0.3, 0.4) is 0 Å². The Morgan fingerprint density at radius 3 is 2.54 bits per heavy atom. The molecule has 4 N–H and O–H groups in total. The average molecular weight is 188 g/mol. The van der Waals surface area contributed by atoms with Crippen molar-refractivity contribution in [2.75, 3.05) is 6.54 Å². The molecule has 0 bridgehead atoms. The highest BCUT2D eigenvalue weighted by atomic mass is 16.4. The van der Waals surface area contributed by atoms with E-state index in [1.165, 1.54) is 0 Å². The average Bonchev–Trinajstić information content (AvgIpc) is 2.02. The van der Waals surface area contributed by atoms with Crippen LogP contribution in [-0.2, 0) is 9.59 Å². The molecule has 0 saturated carbocycles. The molecule has 0 rings (SSSR count). The third-order valence-corrected chi connectivity index (χ3v) is 1.62. The molecule has 13 heavy (non-hydrogen) atoms. The van der Waals surface area contributed by atoms with Gasteiger partial charge in [0.2, 0.25) is 5.91 Å². The number of carboxylic acid groups (broad SMARTS) is 1. The number of nitrogens with two attached hydrogens (primary N) is 1. The van der Waals surface area contributed by atoms with Gasteiger partial charge in [0, 0.05) is 0 Å². The number of rotatable bonds is 7. The summed E-state index contributed by atoms with van der Waals surface area (Å²) in [6.45, 7) is 2.60. The van der Waals surface area contributed by atoms with Gasteiger partial charge in [-0.1, -0.05) is 13.3 Å². The van der Waals surface area contributed by atoms with Crippen LogP contribution in [0.1, 0.15) is 26.2 Å². The fourth-order valence-corrected chi connectivity index (χ4v) is 0.901. The molecule has 0 aromatic heterocycles. The number of aliphatic carboxylic acids is 1. The lowest BCUT2D eigenvalue weighted by Crippen LogP contribution is -2.40. The van der Waals surface area contributed by atoms with Crippen LogP contribution in [0.15, 0.2) is 0 Å². The van der Waals surface area contributed by atoms with Gasteiger partial charge in [0.05, 0.1) is 6.42 Å². The zero-order chi connectivity index (χ0) is 10.3. The molecule has 1 atom stereocenters. The Bertz CT molecular complexity index is 182. The van der Waals surface area contributed by atoms with Crippen LogP contribution >= 0.6 is 0 Å². The molecular formula is C8H16N2O3. The molecule has 76 valence electrons. The number of hydrogen-bond donors (Lipinski definition) is 3. The fraction of sp³-hybridized carbons (Fsp3) is 0.750. The highest BCUT2D eigenvalue weighted by molar-refractivity contribution is 5.83. The summed E-state index contributed by atoms with van der Waals surface area (Å²) >= 11 is 0. The van der Waals surface area contributed by atoms with Crippen LogP contribution in [0.2, 0.25) is 0 Å². The largest absolute Gasteiger partial charge is 0.480 e. The zero-order valence-corrected chi connectivity index (χ0v) is 7.75. The number of carboxylic acids is 1. The molecule has 0 radical (unpaired) electrons. The van der Waals surface area contributed by atoms with Gasteiger partial charge in [-0.05, 0) is 13.0 Å². The summed E-state index contributed by atoms with van der Waals surface area (Å²) in [5, 5.41) is 11.4. The van der Waals surface area contributed by atoms with Gasteiger partial charge in [-0.3, -0.25) is 9.59 Å². The van der Waals surface area contributed by atoms with Gasteiger partial charge in [-0.15, -0.1) is 0 Å². The topological polar surface area (TPSA) is 92.4 Å². The predicted octanol–water partition coefficient (Wildman–Crippen LogP) is -0.295. The van der Waals surface area contributed by atoms with Crippen molar-refractivity contribution in [2.24, 2.45) is 5.73 Å². The summed E-state index contributed by atoms with van der Waals surface area (Å²) in [6, 6.07) is -0.843. The standard InChI is InChI=1S/C8H16N2O3/c1-2-3-4-10-6(8(12)13)5-7(9)11/h6,10H,2-5H2,1H3,(H2,9,11)(H,12,13). The van der Waals surface area contributed by atoms with Crippen LogP contribution in [0.4, 0.5) is 0 Å². The van der Waals surface area contributed by atoms with Gasteiger partial charge in [-0.25, -0.2) is 0 Å². The van der Waals surface area contributed by atoms with Crippen molar-refractivity contribution in [1.82, 2.24) is 5.32 Å². The molecule has 0 aliphatic carbocycles. The molecule has 5 heteroatoms. The molecule has 0 fully saturated rings. The maximum absolute atomic E-state index is 10.6. The Kier molecular flexibility index (Phi) is 5.88. The number of carbonyl (C=O) groups excluding carboxylic acids is 1. The lowest BCUT2D eigenvalue weighted by Gasteiger charge is -2.11. The summed E-state index contributed by atoms with van der Waals surface area (Å²) in [5.41, 5.74) is 4.89. The maximum Gasteiger partial charge on any atom is 0.321 e. The summed E-state index contributed by atoms with van der Waals surface area (Å²) in [5.74, 6) is -1.63. The first-order valence-electron chi connectivity index (χ1n) is 4.32.